The second-order valence-corrected chi connectivity index (χ2v) is 16.3. The maximum absolute atomic E-state index is 2.39. The van der Waals surface area contributed by atoms with Gasteiger partial charge >= 0.3 is 0 Å². The van der Waals surface area contributed by atoms with Crippen LogP contribution in [0.2, 0.25) is 0 Å². The Kier molecular flexibility index (Phi) is 9.11. The quantitative estimate of drug-likeness (QED) is 0.148. The van der Waals surface area contributed by atoms with Crippen molar-refractivity contribution < 1.29 is 0 Å². The lowest BCUT2D eigenvalue weighted by molar-refractivity contribution is 1.28. The Bertz CT molecular complexity index is 3180. The maximum Gasteiger partial charge on any atom is 0.0462 e. The molecule has 0 N–H and O–H groups in total. The van der Waals surface area contributed by atoms with E-state index in [9.17, 15) is 0 Å². The van der Waals surface area contributed by atoms with E-state index in [1.54, 1.807) is 0 Å². The van der Waals surface area contributed by atoms with E-state index < -0.39 is 0 Å². The zero-order chi connectivity index (χ0) is 39.8. The van der Waals surface area contributed by atoms with Crippen LogP contribution in [0.1, 0.15) is 0 Å². The van der Waals surface area contributed by atoms with Crippen molar-refractivity contribution in [2.45, 2.75) is 0 Å². The first-order chi connectivity index (χ1) is 29.7. The smallest absolute Gasteiger partial charge is 0.0462 e. The van der Waals surface area contributed by atoms with E-state index in [4.69, 9.17) is 0 Å². The van der Waals surface area contributed by atoms with Crippen LogP contribution in [0.3, 0.4) is 0 Å². The highest BCUT2D eigenvalue weighted by Gasteiger charge is 2.20. The number of fused-ring (bicyclic) bond motifs is 3. The largest absolute Gasteiger partial charge is 0.311 e. The standard InChI is InChI=1S/C58H39NS/c1-3-13-40(14-4-1)42-25-32-48(33-26-42)59(49-34-27-43(28-35-49)41-15-5-2-6-16-41)50-36-29-44(30-37-50)47-31-38-55-56(39-47)60-58(54-24-12-20-46-18-8-10-22-52(46)54)57(55)53-23-11-19-45-17-7-9-21-51(45)53/h1-39H. The number of rotatable bonds is 8. The van der Waals surface area contributed by atoms with Gasteiger partial charge in [-0.2, -0.15) is 0 Å². The van der Waals surface area contributed by atoms with Crippen LogP contribution in [-0.2, 0) is 0 Å². The fourth-order valence-corrected chi connectivity index (χ4v) is 10.0. The highest BCUT2D eigenvalue weighted by Crippen LogP contribution is 2.49. The molecule has 0 amide bonds. The van der Waals surface area contributed by atoms with Crippen molar-refractivity contribution in [3.8, 4) is 54.9 Å². The Hall–Kier alpha value is -7.52. The summed E-state index contributed by atoms with van der Waals surface area (Å²) in [4.78, 5) is 3.65. The Morgan fingerprint density at radius 2 is 0.683 bits per heavy atom. The molecule has 10 aromatic carbocycles. The van der Waals surface area contributed by atoms with Crippen molar-refractivity contribution in [3.05, 3.63) is 237 Å². The van der Waals surface area contributed by atoms with Gasteiger partial charge in [0, 0.05) is 43.2 Å². The van der Waals surface area contributed by atoms with Gasteiger partial charge in [0.15, 0.2) is 0 Å². The van der Waals surface area contributed by atoms with E-state index in [2.05, 4.69) is 241 Å². The molecule has 0 aliphatic carbocycles. The topological polar surface area (TPSA) is 3.24 Å². The third-order valence-corrected chi connectivity index (χ3v) is 12.9. The molecule has 0 aliphatic rings. The summed E-state index contributed by atoms with van der Waals surface area (Å²) in [5, 5.41) is 6.34. The maximum atomic E-state index is 2.39. The lowest BCUT2D eigenvalue weighted by Crippen LogP contribution is -2.09. The summed E-state index contributed by atoms with van der Waals surface area (Å²) in [5.41, 5.74) is 14.4. The predicted octanol–water partition coefficient (Wildman–Crippen LogP) is 17.0. The molecule has 0 atom stereocenters. The van der Waals surface area contributed by atoms with Crippen LogP contribution in [0.5, 0.6) is 0 Å². The first kappa shape index (κ1) is 35.6. The molecule has 0 unspecified atom stereocenters. The molecule has 1 nitrogen and oxygen atoms in total. The van der Waals surface area contributed by atoms with E-state index in [1.165, 1.54) is 86.6 Å². The molecule has 0 spiro atoms. The van der Waals surface area contributed by atoms with Gasteiger partial charge in [0.2, 0.25) is 0 Å². The van der Waals surface area contributed by atoms with E-state index in [1.807, 2.05) is 11.3 Å². The monoisotopic (exact) mass is 781 g/mol. The molecule has 1 heterocycles. The molecule has 0 aliphatic heterocycles. The summed E-state index contributed by atoms with van der Waals surface area (Å²) in [6, 6.07) is 86.0. The Balaban J connectivity index is 1.00. The van der Waals surface area contributed by atoms with E-state index in [-0.39, 0.29) is 0 Å². The van der Waals surface area contributed by atoms with Crippen LogP contribution < -0.4 is 4.90 Å². The highest BCUT2D eigenvalue weighted by molar-refractivity contribution is 7.23. The van der Waals surface area contributed by atoms with Gasteiger partial charge in [0.05, 0.1) is 0 Å². The molecule has 0 fully saturated rings. The minimum Gasteiger partial charge on any atom is -0.311 e. The van der Waals surface area contributed by atoms with Gasteiger partial charge in [-0.3, -0.25) is 0 Å². The van der Waals surface area contributed by atoms with Crippen molar-refractivity contribution in [1.29, 1.82) is 0 Å². The van der Waals surface area contributed by atoms with E-state index in [0.717, 1.165) is 17.1 Å². The molecular weight excluding hydrogens is 743 g/mol. The molecular formula is C58H39NS. The second kappa shape index (κ2) is 15.3. The molecule has 60 heavy (non-hydrogen) atoms. The summed E-state index contributed by atoms with van der Waals surface area (Å²) in [6.07, 6.45) is 0. The normalized spacial score (nSPS) is 11.3. The number of benzene rings is 10. The molecule has 0 radical (unpaired) electrons. The summed E-state index contributed by atoms with van der Waals surface area (Å²) >= 11 is 1.90. The van der Waals surface area contributed by atoms with E-state index >= 15 is 0 Å². The first-order valence-corrected chi connectivity index (χ1v) is 21.3. The van der Waals surface area contributed by atoms with Gasteiger partial charge in [-0.1, -0.05) is 194 Å². The summed E-state index contributed by atoms with van der Waals surface area (Å²) < 4.78 is 1.28. The minimum atomic E-state index is 1.10. The average Bonchev–Trinajstić information content (AvgIpc) is 3.71. The SMILES string of the molecule is c1ccc(-c2ccc(N(c3ccc(-c4ccccc4)cc3)c3ccc(-c4ccc5c(-c6cccc7ccccc67)c(-c6cccc7ccccc67)sc5c4)cc3)cc2)cc1. The van der Waals surface area contributed by atoms with Gasteiger partial charge in [0.25, 0.3) is 0 Å². The zero-order valence-electron chi connectivity index (χ0n) is 32.9. The number of hydrogen-bond acceptors (Lipinski definition) is 2. The molecule has 1 aromatic heterocycles. The predicted molar refractivity (Wildman–Crippen MR) is 259 cm³/mol. The molecule has 282 valence electrons. The van der Waals surface area contributed by atoms with Crippen LogP contribution in [0.15, 0.2) is 237 Å². The Labute approximate surface area is 354 Å². The van der Waals surface area contributed by atoms with Crippen molar-refractivity contribution in [1.82, 2.24) is 0 Å². The lowest BCUT2D eigenvalue weighted by atomic mass is 9.92. The number of nitrogens with zero attached hydrogens (tertiary/aromatic N) is 1. The average molecular weight is 782 g/mol. The van der Waals surface area contributed by atoms with E-state index in [0.29, 0.717) is 0 Å². The van der Waals surface area contributed by atoms with Crippen molar-refractivity contribution >= 4 is 60.0 Å². The Morgan fingerprint density at radius 1 is 0.283 bits per heavy atom. The molecule has 11 aromatic rings. The summed E-state index contributed by atoms with van der Waals surface area (Å²) in [5.74, 6) is 0. The van der Waals surface area contributed by atoms with Gasteiger partial charge in [-0.15, -0.1) is 11.3 Å². The van der Waals surface area contributed by atoms with Gasteiger partial charge < -0.3 is 4.90 Å². The van der Waals surface area contributed by atoms with Crippen LogP contribution in [0.25, 0.3) is 86.6 Å². The van der Waals surface area contributed by atoms with Crippen LogP contribution in [-0.4, -0.2) is 0 Å². The summed E-state index contributed by atoms with van der Waals surface area (Å²) in [7, 11) is 0. The minimum absolute atomic E-state index is 1.10. The number of thiophene rings is 1. The second-order valence-electron chi connectivity index (χ2n) is 15.3. The van der Waals surface area contributed by atoms with Crippen LogP contribution >= 0.6 is 11.3 Å². The lowest BCUT2D eigenvalue weighted by Gasteiger charge is -2.26. The third kappa shape index (κ3) is 6.54. The fourth-order valence-electron chi connectivity index (χ4n) is 8.72. The van der Waals surface area contributed by atoms with Crippen LogP contribution in [0, 0.1) is 0 Å². The van der Waals surface area contributed by atoms with Crippen molar-refractivity contribution in [2.24, 2.45) is 0 Å². The molecule has 0 bridgehead atoms. The molecule has 2 heteroatoms. The Morgan fingerprint density at radius 3 is 1.22 bits per heavy atom. The molecule has 0 saturated heterocycles. The number of anilines is 3. The zero-order valence-corrected chi connectivity index (χ0v) is 33.7. The molecule has 0 saturated carbocycles. The van der Waals surface area contributed by atoms with Gasteiger partial charge in [0.1, 0.15) is 0 Å². The van der Waals surface area contributed by atoms with Crippen molar-refractivity contribution in [3.63, 3.8) is 0 Å². The van der Waals surface area contributed by atoms with Crippen LogP contribution in [0.4, 0.5) is 17.1 Å². The van der Waals surface area contributed by atoms with Crippen molar-refractivity contribution in [2.75, 3.05) is 4.90 Å². The van der Waals surface area contributed by atoms with Gasteiger partial charge in [-0.25, -0.2) is 0 Å². The number of hydrogen-bond donors (Lipinski definition) is 0. The molecule has 11 rings (SSSR count). The summed E-state index contributed by atoms with van der Waals surface area (Å²) in [6.45, 7) is 0. The highest BCUT2D eigenvalue weighted by atomic mass is 32.1. The first-order valence-electron chi connectivity index (χ1n) is 20.5. The fraction of sp³-hybridized carbons (Fsp3) is 0. The third-order valence-electron chi connectivity index (χ3n) is 11.7. The van der Waals surface area contributed by atoms with Gasteiger partial charge in [-0.05, 0) is 103 Å².